The Morgan fingerprint density at radius 3 is 2.74 bits per heavy atom. The number of fused-ring (bicyclic) bond motifs is 1. The lowest BCUT2D eigenvalue weighted by atomic mass is 10.2. The van der Waals surface area contributed by atoms with E-state index in [-0.39, 0.29) is 4.90 Å². The molecule has 1 heterocycles. The minimum Gasteiger partial charge on any atom is -0.490 e. The molecule has 0 aliphatic carbocycles. The molecule has 2 aromatic carbocycles. The Kier molecular flexibility index (Phi) is 4.25. The van der Waals surface area contributed by atoms with E-state index >= 15 is 0 Å². The lowest BCUT2D eigenvalue weighted by Gasteiger charge is -2.28. The molecule has 7 heteroatoms. The lowest BCUT2D eigenvalue weighted by molar-refractivity contribution is 0.311. The Bertz CT molecular complexity index is 852. The van der Waals surface area contributed by atoms with Crippen molar-refractivity contribution in [1.82, 2.24) is 0 Å². The first-order chi connectivity index (χ1) is 10.9. The van der Waals surface area contributed by atoms with Crippen LogP contribution in [0.2, 0.25) is 0 Å². The number of anilines is 2. The summed E-state index contributed by atoms with van der Waals surface area (Å²) in [6.45, 7) is 3.28. The van der Waals surface area contributed by atoms with E-state index in [1.54, 1.807) is 24.3 Å². The number of likely N-dealkylation sites (N-methyl/N-ethyl adjacent to an activating group) is 1. The first-order valence-electron chi connectivity index (χ1n) is 7.14. The van der Waals surface area contributed by atoms with Crippen LogP contribution in [0.4, 0.5) is 11.4 Å². The zero-order valence-electron chi connectivity index (χ0n) is 12.8. The third-order valence-corrected chi connectivity index (χ3v) is 5.72. The fraction of sp³-hybridized carbons (Fsp3) is 0.250. The summed E-state index contributed by atoms with van der Waals surface area (Å²) in [6.07, 6.45) is 0. The normalized spacial score (nSPS) is 14.1. The summed E-state index contributed by atoms with van der Waals surface area (Å²) in [5, 5.41) is 0. The first-order valence-corrected chi connectivity index (χ1v) is 9.41. The van der Waals surface area contributed by atoms with E-state index in [9.17, 15) is 8.42 Å². The molecule has 0 spiro atoms. The van der Waals surface area contributed by atoms with Crippen molar-refractivity contribution >= 4 is 37.3 Å². The number of hydrogen-bond donors (Lipinski definition) is 1. The lowest BCUT2D eigenvalue weighted by Crippen LogP contribution is -2.29. The van der Waals surface area contributed by atoms with Crippen LogP contribution in [0.15, 0.2) is 45.8 Å². The maximum atomic E-state index is 12.6. The van der Waals surface area contributed by atoms with Crippen LogP contribution in [0.1, 0.15) is 5.56 Å². The van der Waals surface area contributed by atoms with Crippen molar-refractivity contribution in [2.45, 2.75) is 11.8 Å². The van der Waals surface area contributed by atoms with Gasteiger partial charge in [0.2, 0.25) is 0 Å². The number of ether oxygens (including phenoxy) is 1. The molecule has 0 atom stereocenters. The SMILES string of the molecule is Cc1ccc(NS(=O)(=O)c2ccc3c(c2)N(C)CCO3)c(Br)c1. The van der Waals surface area contributed by atoms with Gasteiger partial charge in [0.1, 0.15) is 12.4 Å². The molecule has 122 valence electrons. The molecule has 0 saturated heterocycles. The smallest absolute Gasteiger partial charge is 0.262 e. The fourth-order valence-electron chi connectivity index (χ4n) is 2.40. The van der Waals surface area contributed by atoms with Crippen LogP contribution in [-0.4, -0.2) is 28.6 Å². The summed E-state index contributed by atoms with van der Waals surface area (Å²) in [6, 6.07) is 10.4. The van der Waals surface area contributed by atoms with Crippen LogP contribution in [-0.2, 0) is 10.0 Å². The van der Waals surface area contributed by atoms with E-state index in [1.807, 2.05) is 31.0 Å². The van der Waals surface area contributed by atoms with Crippen LogP contribution < -0.4 is 14.4 Å². The van der Waals surface area contributed by atoms with Gasteiger partial charge in [-0.3, -0.25) is 4.72 Å². The molecular weight excluding hydrogens is 380 g/mol. The zero-order valence-corrected chi connectivity index (χ0v) is 15.2. The molecule has 3 rings (SSSR count). The minimum absolute atomic E-state index is 0.209. The fourth-order valence-corrected chi connectivity index (χ4v) is 4.23. The molecule has 0 amide bonds. The Labute approximate surface area is 144 Å². The average Bonchev–Trinajstić information content (AvgIpc) is 2.50. The summed E-state index contributed by atoms with van der Waals surface area (Å²) in [5.74, 6) is 0.703. The Morgan fingerprint density at radius 1 is 1.22 bits per heavy atom. The molecule has 0 saturated carbocycles. The number of halogens is 1. The van der Waals surface area contributed by atoms with Gasteiger partial charge in [-0.1, -0.05) is 6.07 Å². The van der Waals surface area contributed by atoms with Crippen LogP contribution in [0, 0.1) is 6.92 Å². The quantitative estimate of drug-likeness (QED) is 0.863. The third-order valence-electron chi connectivity index (χ3n) is 3.71. The third kappa shape index (κ3) is 3.30. The van der Waals surface area contributed by atoms with Gasteiger partial charge in [0.05, 0.1) is 22.8 Å². The van der Waals surface area contributed by atoms with E-state index in [1.165, 1.54) is 0 Å². The van der Waals surface area contributed by atoms with E-state index in [2.05, 4.69) is 20.7 Å². The van der Waals surface area contributed by atoms with Gasteiger partial charge in [-0.25, -0.2) is 8.42 Å². The number of nitrogens with one attached hydrogen (secondary N) is 1. The van der Waals surface area contributed by atoms with Gasteiger partial charge >= 0.3 is 0 Å². The summed E-state index contributed by atoms with van der Waals surface area (Å²) in [5.41, 5.74) is 2.34. The van der Waals surface area contributed by atoms with Gasteiger partial charge in [0, 0.05) is 11.5 Å². The van der Waals surface area contributed by atoms with Gasteiger partial charge in [-0.05, 0) is 58.7 Å². The van der Waals surface area contributed by atoms with Gasteiger partial charge in [-0.2, -0.15) is 0 Å². The number of nitrogens with zero attached hydrogens (tertiary/aromatic N) is 1. The highest BCUT2D eigenvalue weighted by atomic mass is 79.9. The highest BCUT2D eigenvalue weighted by Gasteiger charge is 2.21. The monoisotopic (exact) mass is 396 g/mol. The number of aryl methyl sites for hydroxylation is 1. The van der Waals surface area contributed by atoms with Crippen LogP contribution in [0.3, 0.4) is 0 Å². The Morgan fingerprint density at radius 2 is 2.00 bits per heavy atom. The van der Waals surface area contributed by atoms with Crippen molar-refractivity contribution in [1.29, 1.82) is 0 Å². The van der Waals surface area contributed by atoms with E-state index in [4.69, 9.17) is 4.74 Å². The largest absolute Gasteiger partial charge is 0.490 e. The number of sulfonamides is 1. The Hall–Kier alpha value is -1.73. The number of hydrogen-bond acceptors (Lipinski definition) is 4. The van der Waals surface area contributed by atoms with Gasteiger partial charge in [0.15, 0.2) is 0 Å². The van der Waals surface area contributed by atoms with E-state index < -0.39 is 10.0 Å². The summed E-state index contributed by atoms with van der Waals surface area (Å²) in [7, 11) is -1.75. The maximum absolute atomic E-state index is 12.6. The highest BCUT2D eigenvalue weighted by molar-refractivity contribution is 9.10. The maximum Gasteiger partial charge on any atom is 0.262 e. The minimum atomic E-state index is -3.67. The Balaban J connectivity index is 1.95. The topological polar surface area (TPSA) is 58.6 Å². The second-order valence-electron chi connectivity index (χ2n) is 5.49. The zero-order chi connectivity index (χ0) is 16.6. The standard InChI is InChI=1S/C16H17BrN2O3S/c1-11-3-5-14(13(17)9-11)18-23(20,21)12-4-6-16-15(10-12)19(2)7-8-22-16/h3-6,9-10,18H,7-8H2,1-2H3. The molecule has 0 aromatic heterocycles. The predicted octanol–water partition coefficient (Wildman–Crippen LogP) is 3.39. The van der Waals surface area contributed by atoms with Gasteiger partial charge < -0.3 is 9.64 Å². The molecule has 0 bridgehead atoms. The molecule has 5 nitrogen and oxygen atoms in total. The summed E-state index contributed by atoms with van der Waals surface area (Å²) >= 11 is 3.39. The van der Waals surface area contributed by atoms with Crippen molar-refractivity contribution < 1.29 is 13.2 Å². The highest BCUT2D eigenvalue weighted by Crippen LogP contribution is 2.34. The van der Waals surface area contributed by atoms with E-state index in [0.717, 1.165) is 17.8 Å². The predicted molar refractivity (Wildman–Crippen MR) is 94.9 cm³/mol. The average molecular weight is 397 g/mol. The number of benzene rings is 2. The van der Waals surface area contributed by atoms with Crippen molar-refractivity contribution in [2.75, 3.05) is 29.8 Å². The molecule has 1 aliphatic heterocycles. The summed E-state index contributed by atoms with van der Waals surface area (Å²) < 4.78 is 34.2. The first kappa shape index (κ1) is 16.1. The molecule has 2 aromatic rings. The molecular formula is C16H17BrN2O3S. The van der Waals surface area contributed by atoms with Gasteiger partial charge in [0.25, 0.3) is 10.0 Å². The van der Waals surface area contributed by atoms with Crippen molar-refractivity contribution in [3.8, 4) is 5.75 Å². The second kappa shape index (κ2) is 6.05. The van der Waals surface area contributed by atoms with Gasteiger partial charge in [-0.15, -0.1) is 0 Å². The second-order valence-corrected chi connectivity index (χ2v) is 8.03. The van der Waals surface area contributed by atoms with E-state index in [0.29, 0.717) is 22.5 Å². The molecule has 0 unspecified atom stereocenters. The van der Waals surface area contributed by atoms with Crippen LogP contribution in [0.25, 0.3) is 0 Å². The van der Waals surface area contributed by atoms with Crippen LogP contribution in [0.5, 0.6) is 5.75 Å². The molecule has 1 N–H and O–H groups in total. The van der Waals surface area contributed by atoms with Crippen LogP contribution >= 0.6 is 15.9 Å². The van der Waals surface area contributed by atoms with Crippen molar-refractivity contribution in [2.24, 2.45) is 0 Å². The molecule has 0 radical (unpaired) electrons. The summed E-state index contributed by atoms with van der Waals surface area (Å²) in [4.78, 5) is 2.20. The molecule has 0 fully saturated rings. The molecule has 1 aliphatic rings. The molecule has 23 heavy (non-hydrogen) atoms. The number of rotatable bonds is 3. The van der Waals surface area contributed by atoms with Crippen molar-refractivity contribution in [3.63, 3.8) is 0 Å². The van der Waals surface area contributed by atoms with Crippen molar-refractivity contribution in [3.05, 3.63) is 46.4 Å².